The van der Waals surface area contributed by atoms with Gasteiger partial charge in [0.25, 0.3) is 0 Å². The smallest absolute Gasteiger partial charge is 0.315 e. The van der Waals surface area contributed by atoms with Crippen LogP contribution in [0, 0.1) is 50.7 Å². The van der Waals surface area contributed by atoms with E-state index in [0.717, 1.165) is 25.0 Å². The largest absolute Gasteiger partial charge is 0.335 e. The quantitative estimate of drug-likeness (QED) is 0.370. The minimum Gasteiger partial charge on any atom is -0.335 e. The SMILES string of the molecule is CC(C)C1=C2[C@H]3CC[C@@H]4[C@@]5(C)C(NC(=O)NC(C)c6ccccn6)CCC(C)(C)[C@@H]5CC[C@@]4(C)[C@]3(C)CC[C@@]2(C)CC1=O. The van der Waals surface area contributed by atoms with Crippen LogP contribution in [0.2, 0.25) is 0 Å². The van der Waals surface area contributed by atoms with Gasteiger partial charge in [-0.15, -0.1) is 0 Å². The second kappa shape index (κ2) is 10.2. The summed E-state index contributed by atoms with van der Waals surface area (Å²) in [5.41, 5.74) is 4.24. The van der Waals surface area contributed by atoms with Gasteiger partial charge >= 0.3 is 6.03 Å². The van der Waals surface area contributed by atoms with Crippen molar-refractivity contribution in [3.8, 4) is 0 Å². The lowest BCUT2D eigenvalue weighted by atomic mass is 9.32. The van der Waals surface area contributed by atoms with Gasteiger partial charge in [-0.05, 0) is 127 Å². The number of ketones is 1. The molecule has 0 aliphatic heterocycles. The van der Waals surface area contributed by atoms with Gasteiger partial charge in [0.05, 0.1) is 11.7 Å². The summed E-state index contributed by atoms with van der Waals surface area (Å²) in [7, 11) is 0. The molecule has 5 nitrogen and oxygen atoms in total. The number of aromatic nitrogens is 1. The number of carbonyl (C=O) groups is 2. The molecule has 1 aromatic heterocycles. The number of pyridine rings is 1. The maximum absolute atomic E-state index is 13.6. The average Bonchev–Trinajstić information content (AvgIpc) is 3.21. The zero-order chi connectivity index (χ0) is 31.2. The van der Waals surface area contributed by atoms with E-state index in [9.17, 15) is 9.59 Å². The van der Waals surface area contributed by atoms with E-state index in [1.807, 2.05) is 25.1 Å². The Bertz CT molecular complexity index is 1320. The van der Waals surface area contributed by atoms with Crippen LogP contribution in [0.15, 0.2) is 35.5 Å². The Hall–Kier alpha value is -2.17. The predicted molar refractivity (Wildman–Crippen MR) is 173 cm³/mol. The molecule has 0 spiro atoms. The Balaban J connectivity index is 1.34. The Morgan fingerprint density at radius 2 is 1.63 bits per heavy atom. The fraction of sp³-hybridized carbons (Fsp3) is 0.763. The summed E-state index contributed by atoms with van der Waals surface area (Å²) in [5.74, 6) is 2.30. The van der Waals surface area contributed by atoms with Gasteiger partial charge in [0.1, 0.15) is 0 Å². The van der Waals surface area contributed by atoms with Gasteiger partial charge in [-0.3, -0.25) is 9.78 Å². The second-order valence-electron chi connectivity index (χ2n) is 17.3. The predicted octanol–water partition coefficient (Wildman–Crippen LogP) is 8.81. The summed E-state index contributed by atoms with van der Waals surface area (Å²) in [6.45, 7) is 21.7. The molecule has 1 aromatic rings. The van der Waals surface area contributed by atoms with Crippen molar-refractivity contribution in [2.45, 2.75) is 132 Å². The van der Waals surface area contributed by atoms with Gasteiger partial charge < -0.3 is 10.6 Å². The molecule has 9 atom stereocenters. The fourth-order valence-corrected chi connectivity index (χ4v) is 12.2. The van der Waals surface area contributed by atoms with Crippen LogP contribution in [0.3, 0.4) is 0 Å². The summed E-state index contributed by atoms with van der Waals surface area (Å²) >= 11 is 0. The van der Waals surface area contributed by atoms with E-state index >= 15 is 0 Å². The van der Waals surface area contributed by atoms with Gasteiger partial charge in [-0.1, -0.05) is 67.0 Å². The zero-order valence-corrected chi connectivity index (χ0v) is 28.4. The second-order valence-corrected chi connectivity index (χ2v) is 17.3. The lowest BCUT2D eigenvalue weighted by Crippen LogP contribution is -2.69. The fourth-order valence-electron chi connectivity index (χ4n) is 12.2. The summed E-state index contributed by atoms with van der Waals surface area (Å²) in [5, 5.41) is 6.78. The molecule has 43 heavy (non-hydrogen) atoms. The van der Waals surface area contributed by atoms with Crippen LogP contribution in [0.4, 0.5) is 4.79 Å². The van der Waals surface area contributed by atoms with Crippen molar-refractivity contribution >= 4 is 11.8 Å². The highest BCUT2D eigenvalue weighted by atomic mass is 16.2. The highest BCUT2D eigenvalue weighted by Gasteiger charge is 2.70. The van der Waals surface area contributed by atoms with E-state index in [1.54, 1.807) is 11.8 Å². The molecule has 5 heteroatoms. The van der Waals surface area contributed by atoms with Crippen LogP contribution in [0.1, 0.15) is 132 Å². The number of amides is 2. The number of allylic oxidation sites excluding steroid dienone is 2. The standard InChI is InChI=1S/C38H57N3O2/c1-23(2)31-27(42)22-35(6)19-20-36(7)25(32(31)35)13-14-29-37(36,8)18-15-28-34(4,5)17-16-30(38(28,29)9)41-33(43)40-24(3)26-12-10-11-21-39-26/h10-12,21,23-25,28-30H,13-20,22H2,1-9H3,(H2,40,41,43)/t24?,25-,28+,29+,30?,35+,36-,37-,38+/m1/s1. The van der Waals surface area contributed by atoms with Gasteiger partial charge in [0.15, 0.2) is 5.78 Å². The normalized spacial score (nSPS) is 42.4. The lowest BCUT2D eigenvalue weighted by molar-refractivity contribution is -0.219. The van der Waals surface area contributed by atoms with Crippen LogP contribution in [-0.4, -0.2) is 22.8 Å². The van der Waals surface area contributed by atoms with Crippen LogP contribution in [0.25, 0.3) is 0 Å². The first kappa shape index (κ1) is 30.8. The van der Waals surface area contributed by atoms with Gasteiger partial charge in [-0.25, -0.2) is 4.79 Å². The average molecular weight is 588 g/mol. The van der Waals surface area contributed by atoms with Crippen molar-refractivity contribution in [2.24, 2.45) is 50.7 Å². The molecule has 0 aromatic carbocycles. The van der Waals surface area contributed by atoms with Crippen molar-refractivity contribution in [1.29, 1.82) is 0 Å². The molecule has 2 N–H and O–H groups in total. The first-order valence-electron chi connectivity index (χ1n) is 17.3. The van der Waals surface area contributed by atoms with Gasteiger partial charge in [0.2, 0.25) is 0 Å². The van der Waals surface area contributed by atoms with Crippen molar-refractivity contribution in [3.63, 3.8) is 0 Å². The number of nitrogens with one attached hydrogen (secondary N) is 2. The molecule has 0 radical (unpaired) electrons. The first-order valence-corrected chi connectivity index (χ1v) is 17.3. The topological polar surface area (TPSA) is 71.1 Å². The van der Waals surface area contributed by atoms with E-state index in [4.69, 9.17) is 0 Å². The Labute approximate surface area is 260 Å². The molecule has 5 aliphatic rings. The number of nitrogens with zero attached hydrogens (tertiary/aromatic N) is 1. The summed E-state index contributed by atoms with van der Waals surface area (Å²) in [6, 6.07) is 5.78. The maximum atomic E-state index is 13.6. The van der Waals surface area contributed by atoms with Crippen molar-refractivity contribution in [3.05, 3.63) is 41.2 Å². The van der Waals surface area contributed by atoms with E-state index in [2.05, 4.69) is 71.0 Å². The molecule has 2 unspecified atom stereocenters. The number of fused-ring (bicyclic) bond motifs is 7. The van der Waals surface area contributed by atoms with Crippen molar-refractivity contribution in [2.75, 3.05) is 0 Å². The monoisotopic (exact) mass is 587 g/mol. The number of urea groups is 1. The molecule has 6 rings (SSSR count). The molecular weight excluding hydrogens is 530 g/mol. The lowest BCUT2D eigenvalue weighted by Gasteiger charge is -2.72. The molecule has 4 saturated carbocycles. The Morgan fingerprint density at radius 1 is 0.884 bits per heavy atom. The molecule has 0 bridgehead atoms. The van der Waals surface area contributed by atoms with Crippen LogP contribution in [-0.2, 0) is 4.79 Å². The van der Waals surface area contributed by atoms with Crippen LogP contribution in [0.5, 0.6) is 0 Å². The molecule has 0 saturated heterocycles. The summed E-state index contributed by atoms with van der Waals surface area (Å²) in [6.07, 6.45) is 11.8. The molecule has 2 amide bonds. The third-order valence-electron chi connectivity index (χ3n) is 14.5. The van der Waals surface area contributed by atoms with Crippen LogP contribution < -0.4 is 10.6 Å². The Morgan fingerprint density at radius 3 is 2.30 bits per heavy atom. The Kier molecular flexibility index (Phi) is 7.30. The van der Waals surface area contributed by atoms with E-state index in [0.29, 0.717) is 35.9 Å². The highest BCUT2D eigenvalue weighted by Crippen LogP contribution is 2.76. The van der Waals surface area contributed by atoms with Crippen molar-refractivity contribution < 1.29 is 9.59 Å². The minimum absolute atomic E-state index is 0.00973. The first-order chi connectivity index (χ1) is 20.1. The summed E-state index contributed by atoms with van der Waals surface area (Å²) < 4.78 is 0. The van der Waals surface area contributed by atoms with E-state index in [-0.39, 0.29) is 45.2 Å². The third kappa shape index (κ3) is 4.40. The minimum atomic E-state index is -0.148. The summed E-state index contributed by atoms with van der Waals surface area (Å²) in [4.78, 5) is 31.5. The molecule has 4 fully saturated rings. The number of rotatable bonds is 4. The maximum Gasteiger partial charge on any atom is 0.315 e. The zero-order valence-electron chi connectivity index (χ0n) is 28.4. The van der Waals surface area contributed by atoms with Crippen LogP contribution >= 0.6 is 0 Å². The van der Waals surface area contributed by atoms with Gasteiger partial charge in [-0.2, -0.15) is 0 Å². The number of hydrogen-bond acceptors (Lipinski definition) is 3. The van der Waals surface area contributed by atoms with E-state index in [1.165, 1.54) is 37.7 Å². The number of Topliss-reactive ketones (excluding diaryl/α,β-unsaturated/α-hetero) is 1. The molecular formula is C38H57N3O2. The number of carbonyl (C=O) groups excluding carboxylic acids is 2. The molecule has 1 heterocycles. The molecule has 236 valence electrons. The van der Waals surface area contributed by atoms with Crippen molar-refractivity contribution in [1.82, 2.24) is 15.6 Å². The van der Waals surface area contributed by atoms with E-state index < -0.39 is 0 Å². The number of hydrogen-bond donors (Lipinski definition) is 2. The van der Waals surface area contributed by atoms with Gasteiger partial charge in [0, 0.05) is 18.7 Å². The third-order valence-corrected chi connectivity index (χ3v) is 14.5. The molecule has 5 aliphatic carbocycles. The highest BCUT2D eigenvalue weighted by molar-refractivity contribution is 6.00.